The Kier molecular flexibility index (Phi) is 5.14. The lowest BCUT2D eigenvalue weighted by Crippen LogP contribution is -2.21. The van der Waals surface area contributed by atoms with Gasteiger partial charge in [-0.15, -0.1) is 0 Å². The Morgan fingerprint density at radius 1 is 1.26 bits per heavy atom. The van der Waals surface area contributed by atoms with Crippen LogP contribution >= 0.6 is 0 Å². The standard InChI is InChI=1S/C12H21N5O2/c1-3-6-19-12-16-10(13-4-2)15-11(17-12)14-9-5-7-18-8-9/h9H,3-8H2,1-2H3,(H2,13,14,15,16,17). The van der Waals surface area contributed by atoms with Gasteiger partial charge in [0.25, 0.3) is 0 Å². The van der Waals surface area contributed by atoms with E-state index in [1.165, 1.54) is 0 Å². The fraction of sp³-hybridized carbons (Fsp3) is 0.750. The first kappa shape index (κ1) is 13.8. The highest BCUT2D eigenvalue weighted by Gasteiger charge is 2.17. The Morgan fingerprint density at radius 2 is 2.11 bits per heavy atom. The maximum Gasteiger partial charge on any atom is 0.323 e. The second-order valence-electron chi connectivity index (χ2n) is 4.35. The summed E-state index contributed by atoms with van der Waals surface area (Å²) in [6.45, 7) is 6.86. The van der Waals surface area contributed by atoms with Crippen LogP contribution in [-0.4, -0.2) is 47.4 Å². The molecule has 19 heavy (non-hydrogen) atoms. The van der Waals surface area contributed by atoms with Crippen molar-refractivity contribution in [2.45, 2.75) is 32.7 Å². The Hall–Kier alpha value is -1.63. The molecule has 1 atom stereocenters. The molecule has 1 aromatic heterocycles. The lowest BCUT2D eigenvalue weighted by Gasteiger charge is -2.12. The molecule has 0 amide bonds. The summed E-state index contributed by atoms with van der Waals surface area (Å²) in [6.07, 6.45) is 1.88. The van der Waals surface area contributed by atoms with Crippen LogP contribution in [0.5, 0.6) is 6.01 Å². The topological polar surface area (TPSA) is 81.2 Å². The van der Waals surface area contributed by atoms with Crippen molar-refractivity contribution in [3.05, 3.63) is 0 Å². The summed E-state index contributed by atoms with van der Waals surface area (Å²) in [5.41, 5.74) is 0. The van der Waals surface area contributed by atoms with E-state index in [-0.39, 0.29) is 6.04 Å². The van der Waals surface area contributed by atoms with Gasteiger partial charge in [0.05, 0.1) is 19.3 Å². The van der Waals surface area contributed by atoms with Gasteiger partial charge in [0.15, 0.2) is 0 Å². The van der Waals surface area contributed by atoms with Gasteiger partial charge in [-0.3, -0.25) is 0 Å². The minimum Gasteiger partial charge on any atom is -0.463 e. The van der Waals surface area contributed by atoms with Gasteiger partial charge in [0.1, 0.15) is 0 Å². The van der Waals surface area contributed by atoms with Crippen LogP contribution in [0.15, 0.2) is 0 Å². The van der Waals surface area contributed by atoms with Crippen LogP contribution in [-0.2, 0) is 4.74 Å². The molecule has 2 rings (SSSR count). The maximum atomic E-state index is 5.47. The van der Waals surface area contributed by atoms with Crippen molar-refractivity contribution in [3.8, 4) is 6.01 Å². The molecular weight excluding hydrogens is 246 g/mol. The van der Waals surface area contributed by atoms with Crippen LogP contribution in [0.3, 0.4) is 0 Å². The Balaban J connectivity index is 2.07. The summed E-state index contributed by atoms with van der Waals surface area (Å²) >= 11 is 0. The SMILES string of the molecule is CCCOc1nc(NCC)nc(NC2CCOC2)n1. The molecule has 0 bridgehead atoms. The van der Waals surface area contributed by atoms with Gasteiger partial charge in [-0.05, 0) is 19.8 Å². The van der Waals surface area contributed by atoms with E-state index in [1.54, 1.807) is 0 Å². The third-order valence-corrected chi connectivity index (χ3v) is 2.65. The molecule has 0 aromatic carbocycles. The predicted molar refractivity (Wildman–Crippen MR) is 72.6 cm³/mol. The number of aromatic nitrogens is 3. The maximum absolute atomic E-state index is 5.47. The molecule has 0 aliphatic carbocycles. The van der Waals surface area contributed by atoms with Crippen molar-refractivity contribution < 1.29 is 9.47 Å². The molecule has 1 unspecified atom stereocenters. The van der Waals surface area contributed by atoms with Crippen molar-refractivity contribution in [1.29, 1.82) is 0 Å². The van der Waals surface area contributed by atoms with Crippen molar-refractivity contribution in [2.75, 3.05) is 37.0 Å². The highest BCUT2D eigenvalue weighted by molar-refractivity contribution is 5.36. The van der Waals surface area contributed by atoms with Gasteiger partial charge in [-0.25, -0.2) is 0 Å². The molecular formula is C12H21N5O2. The minimum atomic E-state index is 0.260. The number of ether oxygens (including phenoxy) is 2. The predicted octanol–water partition coefficient (Wildman–Crippen LogP) is 1.29. The first-order valence-electron chi connectivity index (χ1n) is 6.78. The van der Waals surface area contributed by atoms with Crippen molar-refractivity contribution in [2.24, 2.45) is 0 Å². The zero-order valence-electron chi connectivity index (χ0n) is 11.5. The van der Waals surface area contributed by atoms with Gasteiger partial charge in [0.2, 0.25) is 11.9 Å². The number of hydrogen-bond acceptors (Lipinski definition) is 7. The second kappa shape index (κ2) is 7.08. The van der Waals surface area contributed by atoms with Crippen molar-refractivity contribution in [1.82, 2.24) is 15.0 Å². The molecule has 0 radical (unpaired) electrons. The lowest BCUT2D eigenvalue weighted by molar-refractivity contribution is 0.195. The van der Waals surface area contributed by atoms with Crippen LogP contribution in [0.2, 0.25) is 0 Å². The Morgan fingerprint density at radius 3 is 2.79 bits per heavy atom. The van der Waals surface area contributed by atoms with Crippen LogP contribution in [0.1, 0.15) is 26.7 Å². The number of rotatable bonds is 7. The first-order chi connectivity index (χ1) is 9.31. The van der Waals surface area contributed by atoms with E-state index in [1.807, 2.05) is 13.8 Å². The average Bonchev–Trinajstić information content (AvgIpc) is 2.89. The highest BCUT2D eigenvalue weighted by Crippen LogP contribution is 2.15. The van der Waals surface area contributed by atoms with Gasteiger partial charge in [0, 0.05) is 13.2 Å². The fourth-order valence-electron chi connectivity index (χ4n) is 1.75. The van der Waals surface area contributed by atoms with Gasteiger partial charge in [-0.1, -0.05) is 6.92 Å². The van der Waals surface area contributed by atoms with E-state index in [0.29, 0.717) is 31.1 Å². The normalized spacial score (nSPS) is 18.3. The zero-order chi connectivity index (χ0) is 13.5. The van der Waals surface area contributed by atoms with E-state index >= 15 is 0 Å². The van der Waals surface area contributed by atoms with Gasteiger partial charge < -0.3 is 20.1 Å². The highest BCUT2D eigenvalue weighted by atomic mass is 16.5. The summed E-state index contributed by atoms with van der Waals surface area (Å²) in [6, 6.07) is 0.616. The summed E-state index contributed by atoms with van der Waals surface area (Å²) in [5.74, 6) is 1.07. The average molecular weight is 267 g/mol. The van der Waals surface area contributed by atoms with E-state index < -0.39 is 0 Å². The monoisotopic (exact) mass is 267 g/mol. The van der Waals surface area contributed by atoms with Crippen LogP contribution in [0.25, 0.3) is 0 Å². The lowest BCUT2D eigenvalue weighted by atomic mass is 10.3. The summed E-state index contributed by atoms with van der Waals surface area (Å²) in [4.78, 5) is 12.8. The number of nitrogens with one attached hydrogen (secondary N) is 2. The number of anilines is 2. The summed E-state index contributed by atoms with van der Waals surface area (Å²) in [5, 5.41) is 6.33. The van der Waals surface area contributed by atoms with Gasteiger partial charge in [-0.2, -0.15) is 15.0 Å². The molecule has 7 heteroatoms. The molecule has 0 spiro atoms. The molecule has 106 valence electrons. The first-order valence-corrected chi connectivity index (χ1v) is 6.78. The Labute approximate surface area is 113 Å². The van der Waals surface area contributed by atoms with Crippen LogP contribution in [0.4, 0.5) is 11.9 Å². The fourth-order valence-corrected chi connectivity index (χ4v) is 1.75. The van der Waals surface area contributed by atoms with E-state index in [0.717, 1.165) is 26.0 Å². The summed E-state index contributed by atoms with van der Waals surface area (Å²) in [7, 11) is 0. The van der Waals surface area contributed by atoms with Crippen LogP contribution < -0.4 is 15.4 Å². The number of nitrogens with zero attached hydrogens (tertiary/aromatic N) is 3. The molecule has 1 aliphatic rings. The second-order valence-corrected chi connectivity index (χ2v) is 4.35. The molecule has 7 nitrogen and oxygen atoms in total. The molecule has 2 heterocycles. The van der Waals surface area contributed by atoms with Crippen molar-refractivity contribution in [3.63, 3.8) is 0 Å². The Bertz CT molecular complexity index is 396. The quantitative estimate of drug-likeness (QED) is 0.770. The van der Waals surface area contributed by atoms with Crippen LogP contribution in [0, 0.1) is 0 Å². The third kappa shape index (κ3) is 4.20. The molecule has 0 saturated carbocycles. The van der Waals surface area contributed by atoms with E-state index in [4.69, 9.17) is 9.47 Å². The van der Waals surface area contributed by atoms with Crippen molar-refractivity contribution >= 4 is 11.9 Å². The molecule has 1 saturated heterocycles. The number of hydrogen-bond donors (Lipinski definition) is 2. The van der Waals surface area contributed by atoms with Gasteiger partial charge >= 0.3 is 6.01 Å². The smallest absolute Gasteiger partial charge is 0.323 e. The minimum absolute atomic E-state index is 0.260. The van der Waals surface area contributed by atoms with E-state index in [9.17, 15) is 0 Å². The summed E-state index contributed by atoms with van der Waals surface area (Å²) < 4.78 is 10.8. The molecule has 2 N–H and O–H groups in total. The van der Waals surface area contributed by atoms with E-state index in [2.05, 4.69) is 25.6 Å². The largest absolute Gasteiger partial charge is 0.463 e. The third-order valence-electron chi connectivity index (χ3n) is 2.65. The molecule has 1 aromatic rings. The molecule has 1 aliphatic heterocycles. The molecule has 1 fully saturated rings. The zero-order valence-corrected chi connectivity index (χ0v) is 11.5.